The number of carbonyl (C=O) groups excluding carboxylic acids is 4. The molecule has 4 aromatic heterocycles. The quantitative estimate of drug-likeness (QED) is 0.0734. The number of aliphatic carboxylic acids is 1. The second-order valence-corrected chi connectivity index (χ2v) is 23.2. The summed E-state index contributed by atoms with van der Waals surface area (Å²) < 4.78 is 7.92. The summed E-state index contributed by atoms with van der Waals surface area (Å²) in [6.07, 6.45) is -0.482. The minimum absolute atomic E-state index is 0.0365. The van der Waals surface area contributed by atoms with Gasteiger partial charge in [-0.05, 0) is 99.5 Å². The maximum absolute atomic E-state index is 14.4. The van der Waals surface area contributed by atoms with Crippen LogP contribution in [0.2, 0.25) is 0 Å². The SMILES string of the molecule is Cc1ncsc1-c1ccc(C(C)NC(=O)[C@@H]2C[C@@H](O)CN2C(=O)C(NC(=O)c2cc3cc(NC(=O)[C@H]4CCN(c5ccc(C6=N[C@@H](CC(=O)O)c7nnc(C)n7-c7sc(C)c(C)c76)cc5)C4)ccc3o2)C(C)(C)C)cc1. The van der Waals surface area contributed by atoms with Crippen LogP contribution < -0.4 is 20.9 Å². The number of likely N-dealkylation sites (tertiary alicyclic amines) is 1. The van der Waals surface area contributed by atoms with Crippen LogP contribution in [0.3, 0.4) is 0 Å². The predicted molar refractivity (Wildman–Crippen MR) is 291 cm³/mol. The van der Waals surface area contributed by atoms with Gasteiger partial charge in [0.1, 0.15) is 34.5 Å². The van der Waals surface area contributed by atoms with Gasteiger partial charge >= 0.3 is 5.97 Å². The molecule has 0 radical (unpaired) electrons. The molecule has 7 aromatic rings. The van der Waals surface area contributed by atoms with Gasteiger partial charge in [-0.1, -0.05) is 57.2 Å². The number of furan rings is 1. The number of carbonyl (C=O) groups is 5. The number of aliphatic hydroxyl groups excluding tert-OH is 1. The van der Waals surface area contributed by atoms with Gasteiger partial charge in [0.2, 0.25) is 17.7 Å². The highest BCUT2D eigenvalue weighted by Crippen LogP contribution is 2.40. The number of aliphatic imine (C=N–C) groups is 1. The number of hydrogen-bond donors (Lipinski definition) is 5. The third-order valence-electron chi connectivity index (χ3n) is 14.7. The number of amides is 4. The molecule has 4 amide bonds. The number of aromatic nitrogens is 4. The lowest BCUT2D eigenvalue weighted by Crippen LogP contribution is -2.57. The van der Waals surface area contributed by atoms with E-state index in [-0.39, 0.29) is 43.0 Å². The van der Waals surface area contributed by atoms with Crippen molar-refractivity contribution in [1.82, 2.24) is 35.3 Å². The van der Waals surface area contributed by atoms with Gasteiger partial charge in [-0.15, -0.1) is 32.9 Å². The minimum atomic E-state index is -1.08. The van der Waals surface area contributed by atoms with Crippen LogP contribution >= 0.6 is 22.7 Å². The van der Waals surface area contributed by atoms with Crippen LogP contribution in [0, 0.1) is 39.0 Å². The Balaban J connectivity index is 0.773. The highest BCUT2D eigenvalue weighted by atomic mass is 32.1. The van der Waals surface area contributed by atoms with E-state index in [9.17, 15) is 34.2 Å². The molecule has 20 heteroatoms. The van der Waals surface area contributed by atoms with Crippen molar-refractivity contribution in [3.63, 3.8) is 0 Å². The summed E-state index contributed by atoms with van der Waals surface area (Å²) in [6, 6.07) is 19.4. The molecule has 76 heavy (non-hydrogen) atoms. The molecular weight excluding hydrogens is 1000 g/mol. The van der Waals surface area contributed by atoms with Gasteiger partial charge in [0, 0.05) is 58.8 Å². The zero-order valence-corrected chi connectivity index (χ0v) is 45.1. The fourth-order valence-electron chi connectivity index (χ4n) is 10.4. The Morgan fingerprint density at radius 1 is 0.895 bits per heavy atom. The molecule has 18 nitrogen and oxygen atoms in total. The van der Waals surface area contributed by atoms with Crippen molar-refractivity contribution < 1.29 is 38.6 Å². The van der Waals surface area contributed by atoms with Crippen molar-refractivity contribution in [3.05, 3.63) is 129 Å². The van der Waals surface area contributed by atoms with E-state index in [1.54, 1.807) is 46.9 Å². The summed E-state index contributed by atoms with van der Waals surface area (Å²) in [6.45, 7) is 16.3. The van der Waals surface area contributed by atoms with E-state index in [4.69, 9.17) is 9.41 Å². The monoisotopic (exact) mass is 1060 g/mol. The number of fused-ring (bicyclic) bond motifs is 4. The van der Waals surface area contributed by atoms with Crippen LogP contribution in [0.1, 0.15) is 114 Å². The van der Waals surface area contributed by atoms with E-state index in [0.29, 0.717) is 53.5 Å². The molecule has 7 heterocycles. The summed E-state index contributed by atoms with van der Waals surface area (Å²) in [7, 11) is 0. The molecule has 6 atom stereocenters. The lowest BCUT2D eigenvalue weighted by atomic mass is 9.85. The van der Waals surface area contributed by atoms with Gasteiger partial charge in [0.05, 0.1) is 46.3 Å². The van der Waals surface area contributed by atoms with E-state index in [1.807, 2.05) is 100 Å². The normalized spacial score (nSPS) is 19.1. The van der Waals surface area contributed by atoms with Gasteiger partial charge in [0.15, 0.2) is 11.6 Å². The van der Waals surface area contributed by atoms with Gasteiger partial charge < -0.3 is 40.4 Å². The van der Waals surface area contributed by atoms with E-state index < -0.39 is 53.3 Å². The first-order valence-corrected chi connectivity index (χ1v) is 27.0. The van der Waals surface area contributed by atoms with E-state index in [0.717, 1.165) is 54.0 Å². The molecule has 3 aliphatic heterocycles. The molecule has 3 aliphatic rings. The standard InChI is InChI=1S/C56H60N10O8S2/c1-28-31(4)76-55-46(28)47(60-41(24-45(68)69)50-63-62-32(5)66(50)55)34-13-16-39(17-14-34)64-20-19-36(25-64)51(70)59-38-15-18-43-37(21-38)22-44(74-43)53(72)61-49(56(6,7)8)54(73)65-26-40(67)23-42(65)52(71)58-29(2)33-9-11-35(12-10-33)48-30(3)57-27-75-48/h9-18,21-22,27,29,36,40-42,49,67H,19-20,23-26H2,1-8H3,(H,58,71)(H,59,70)(H,61,72)(H,68,69)/t29?,36-,40+,41-,42-,49?/m0/s1. The fourth-order valence-corrected chi connectivity index (χ4v) is 12.4. The van der Waals surface area contributed by atoms with E-state index in [1.165, 1.54) is 4.90 Å². The molecule has 0 spiro atoms. The van der Waals surface area contributed by atoms with Gasteiger partial charge in [-0.3, -0.25) is 33.5 Å². The number of hydrogen-bond acceptors (Lipinski definition) is 14. The van der Waals surface area contributed by atoms with E-state index >= 15 is 0 Å². The summed E-state index contributed by atoms with van der Waals surface area (Å²) >= 11 is 3.17. The molecule has 2 saturated heterocycles. The summed E-state index contributed by atoms with van der Waals surface area (Å²) in [5.41, 5.74) is 9.28. The second-order valence-electron chi connectivity index (χ2n) is 21.1. The van der Waals surface area contributed by atoms with Gasteiger partial charge in [0.25, 0.3) is 5.91 Å². The Morgan fingerprint density at radius 2 is 1.63 bits per heavy atom. The molecule has 0 saturated carbocycles. The number of nitrogens with zero attached hydrogens (tertiary/aromatic N) is 7. The topological polar surface area (TPSA) is 237 Å². The van der Waals surface area contributed by atoms with Gasteiger partial charge in [-0.25, -0.2) is 4.98 Å². The Kier molecular flexibility index (Phi) is 14.0. The van der Waals surface area contributed by atoms with Crippen molar-refractivity contribution in [1.29, 1.82) is 0 Å². The van der Waals surface area contributed by atoms with E-state index in [2.05, 4.69) is 49.9 Å². The minimum Gasteiger partial charge on any atom is -0.481 e. The first-order chi connectivity index (χ1) is 36.2. The molecule has 2 unspecified atom stereocenters. The number of aryl methyl sites for hydroxylation is 3. The summed E-state index contributed by atoms with van der Waals surface area (Å²) in [5.74, 6) is -1.85. The molecule has 5 N–H and O–H groups in total. The van der Waals surface area contributed by atoms with Crippen molar-refractivity contribution in [3.8, 4) is 15.4 Å². The van der Waals surface area contributed by atoms with Crippen molar-refractivity contribution >= 4 is 80.3 Å². The van der Waals surface area contributed by atoms with Crippen molar-refractivity contribution in [2.45, 2.75) is 105 Å². The number of β-amino-alcohol motifs (C(OH)–C–C–N with tert-alkyl or cyclic N) is 1. The zero-order valence-electron chi connectivity index (χ0n) is 43.5. The molecular formula is C56H60N10O8S2. The van der Waals surface area contributed by atoms with Crippen LogP contribution in [0.15, 0.2) is 87.7 Å². The molecule has 3 aromatic carbocycles. The number of nitrogens with one attached hydrogen (secondary N) is 3. The molecule has 0 bridgehead atoms. The number of benzene rings is 3. The predicted octanol–water partition coefficient (Wildman–Crippen LogP) is 8.25. The number of carboxylic acids is 1. The average Bonchev–Trinajstić information content (AvgIpc) is 4.28. The van der Waals surface area contributed by atoms with Crippen LogP contribution in [-0.4, -0.2) is 108 Å². The smallest absolute Gasteiger partial charge is 0.306 e. The highest BCUT2D eigenvalue weighted by Gasteiger charge is 2.45. The number of anilines is 2. The van der Waals surface area contributed by atoms with Gasteiger partial charge in [-0.2, -0.15) is 0 Å². The molecule has 394 valence electrons. The zero-order chi connectivity index (χ0) is 53.9. The second kappa shape index (κ2) is 20.5. The largest absolute Gasteiger partial charge is 0.481 e. The molecule has 10 rings (SSSR count). The number of carboxylic acid groups (broad SMARTS) is 1. The van der Waals surface area contributed by atoms with Crippen molar-refractivity contribution in [2.24, 2.45) is 16.3 Å². The number of rotatable bonds is 13. The average molecular weight is 1070 g/mol. The number of thiazole rings is 1. The Labute approximate surface area is 447 Å². The third-order valence-corrected chi connectivity index (χ3v) is 16.9. The molecule has 2 fully saturated rings. The number of aliphatic hydroxyl groups is 1. The van der Waals surface area contributed by atoms with Crippen LogP contribution in [0.25, 0.3) is 26.4 Å². The lowest BCUT2D eigenvalue weighted by molar-refractivity contribution is -0.142. The van der Waals surface area contributed by atoms with Crippen LogP contribution in [0.5, 0.6) is 0 Å². The van der Waals surface area contributed by atoms with Crippen LogP contribution in [-0.2, 0) is 19.2 Å². The maximum atomic E-state index is 14.4. The lowest BCUT2D eigenvalue weighted by Gasteiger charge is -2.35. The Morgan fingerprint density at radius 3 is 2.33 bits per heavy atom. The Bertz CT molecular complexity index is 3440. The maximum Gasteiger partial charge on any atom is 0.306 e. The molecule has 0 aliphatic carbocycles. The highest BCUT2D eigenvalue weighted by molar-refractivity contribution is 7.15. The number of thiophene rings is 1. The van der Waals surface area contributed by atoms with Crippen molar-refractivity contribution in [2.75, 3.05) is 29.9 Å². The van der Waals surface area contributed by atoms with Crippen LogP contribution in [0.4, 0.5) is 11.4 Å². The summed E-state index contributed by atoms with van der Waals surface area (Å²) in [5, 5.41) is 39.7. The Hall–Kier alpha value is -7.55. The fraction of sp³-hybridized carbons (Fsp3) is 0.375. The first-order valence-electron chi connectivity index (χ1n) is 25.3. The third kappa shape index (κ3) is 10.2. The summed E-state index contributed by atoms with van der Waals surface area (Å²) in [4.78, 5) is 83.1. The first kappa shape index (κ1) is 51.9.